The van der Waals surface area contributed by atoms with Gasteiger partial charge in [0.1, 0.15) is 11.5 Å². The van der Waals surface area contributed by atoms with Crippen LogP contribution in [0.25, 0.3) is 0 Å². The summed E-state index contributed by atoms with van der Waals surface area (Å²) in [4.78, 5) is 24.5. The number of halogens is 1. The molecule has 0 atom stereocenters. The number of hydrogen-bond acceptors (Lipinski definition) is 4. The zero-order chi connectivity index (χ0) is 17.8. The van der Waals surface area contributed by atoms with Crippen LogP contribution in [-0.4, -0.2) is 16.9 Å². The molecule has 3 rings (SSSR count). The van der Waals surface area contributed by atoms with E-state index in [2.05, 4.69) is 15.9 Å². The Morgan fingerprint density at radius 2 is 1.20 bits per heavy atom. The van der Waals surface area contributed by atoms with E-state index in [4.69, 9.17) is 4.74 Å². The number of phenols is 1. The van der Waals surface area contributed by atoms with Crippen molar-refractivity contribution in [3.63, 3.8) is 0 Å². The van der Waals surface area contributed by atoms with Crippen LogP contribution in [0.5, 0.6) is 11.5 Å². The van der Waals surface area contributed by atoms with Crippen LogP contribution in [-0.2, 0) is 0 Å². The van der Waals surface area contributed by atoms with Gasteiger partial charge in [0.05, 0.1) is 5.56 Å². The number of hydrogen-bond donors (Lipinski definition) is 1. The minimum absolute atomic E-state index is 0.0996. The van der Waals surface area contributed by atoms with Crippen LogP contribution in [0.15, 0.2) is 77.3 Å². The van der Waals surface area contributed by atoms with Crippen molar-refractivity contribution in [3.05, 3.63) is 94.0 Å². The minimum atomic E-state index is -0.494. The molecule has 0 saturated carbocycles. The predicted molar refractivity (Wildman–Crippen MR) is 97.1 cm³/mol. The van der Waals surface area contributed by atoms with E-state index in [-0.39, 0.29) is 11.5 Å². The van der Waals surface area contributed by atoms with E-state index in [1.54, 1.807) is 60.7 Å². The molecular formula is C20H13BrO4. The first-order valence-corrected chi connectivity index (χ1v) is 8.24. The van der Waals surface area contributed by atoms with Gasteiger partial charge in [-0.2, -0.15) is 0 Å². The van der Waals surface area contributed by atoms with E-state index >= 15 is 0 Å². The number of carbonyl (C=O) groups is 2. The number of aromatic hydroxyl groups is 1. The standard InChI is InChI=1S/C20H13BrO4/c21-16-7-11-18(12-8-16)25-20(24)15-3-1-13(2-4-15)19(23)14-5-9-17(22)10-6-14/h1-12,22H. The lowest BCUT2D eigenvalue weighted by atomic mass is 10.0. The molecule has 0 aliphatic heterocycles. The van der Waals surface area contributed by atoms with E-state index < -0.39 is 5.97 Å². The maximum Gasteiger partial charge on any atom is 0.343 e. The van der Waals surface area contributed by atoms with Crippen molar-refractivity contribution in [1.82, 2.24) is 0 Å². The second-order valence-electron chi connectivity index (χ2n) is 5.30. The number of esters is 1. The number of ether oxygens (including phenoxy) is 1. The lowest BCUT2D eigenvalue weighted by Crippen LogP contribution is -2.09. The predicted octanol–water partition coefficient (Wildman–Crippen LogP) is 4.60. The zero-order valence-corrected chi connectivity index (χ0v) is 14.6. The molecule has 0 heterocycles. The molecule has 0 bridgehead atoms. The van der Waals surface area contributed by atoms with Crippen molar-refractivity contribution in [1.29, 1.82) is 0 Å². The Balaban J connectivity index is 1.73. The summed E-state index contributed by atoms with van der Waals surface area (Å²) in [6.07, 6.45) is 0. The summed E-state index contributed by atoms with van der Waals surface area (Å²) in [5.41, 5.74) is 1.26. The lowest BCUT2D eigenvalue weighted by molar-refractivity contribution is 0.0734. The smallest absolute Gasteiger partial charge is 0.343 e. The third-order valence-corrected chi connectivity index (χ3v) is 4.07. The Hall–Kier alpha value is -2.92. The Bertz CT molecular complexity index is 898. The molecule has 0 amide bonds. The Morgan fingerprint density at radius 3 is 1.76 bits per heavy atom. The monoisotopic (exact) mass is 396 g/mol. The molecule has 3 aromatic carbocycles. The minimum Gasteiger partial charge on any atom is -0.508 e. The number of phenolic OH excluding ortho intramolecular Hbond substituents is 1. The molecule has 0 aliphatic rings. The molecule has 1 N–H and O–H groups in total. The van der Waals surface area contributed by atoms with Crippen LogP contribution in [0.2, 0.25) is 0 Å². The number of rotatable bonds is 4. The quantitative estimate of drug-likeness (QED) is 0.397. The van der Waals surface area contributed by atoms with Crippen molar-refractivity contribution in [2.45, 2.75) is 0 Å². The van der Waals surface area contributed by atoms with E-state index in [1.165, 1.54) is 12.1 Å². The van der Waals surface area contributed by atoms with Crippen LogP contribution >= 0.6 is 15.9 Å². The second kappa shape index (κ2) is 7.32. The molecule has 5 heteroatoms. The topological polar surface area (TPSA) is 63.6 Å². The van der Waals surface area contributed by atoms with Crippen molar-refractivity contribution in [2.24, 2.45) is 0 Å². The normalized spacial score (nSPS) is 10.3. The maximum absolute atomic E-state index is 12.4. The molecule has 0 saturated heterocycles. The summed E-state index contributed by atoms with van der Waals surface area (Å²) >= 11 is 3.31. The van der Waals surface area contributed by atoms with E-state index in [9.17, 15) is 14.7 Å². The average molecular weight is 397 g/mol. The molecular weight excluding hydrogens is 384 g/mol. The van der Waals surface area contributed by atoms with Crippen LogP contribution in [0.4, 0.5) is 0 Å². The molecule has 0 fully saturated rings. The number of benzene rings is 3. The molecule has 0 spiro atoms. The van der Waals surface area contributed by atoms with Gasteiger partial charge in [0.25, 0.3) is 0 Å². The molecule has 0 aromatic heterocycles. The van der Waals surface area contributed by atoms with Gasteiger partial charge < -0.3 is 9.84 Å². The van der Waals surface area contributed by atoms with Crippen LogP contribution < -0.4 is 4.74 Å². The fourth-order valence-corrected chi connectivity index (χ4v) is 2.47. The van der Waals surface area contributed by atoms with Crippen molar-refractivity contribution < 1.29 is 19.4 Å². The largest absolute Gasteiger partial charge is 0.508 e. The van der Waals surface area contributed by atoms with E-state index in [1.807, 2.05) is 0 Å². The highest BCUT2D eigenvalue weighted by atomic mass is 79.9. The molecule has 124 valence electrons. The highest BCUT2D eigenvalue weighted by Crippen LogP contribution is 2.18. The molecule has 0 radical (unpaired) electrons. The van der Waals surface area contributed by atoms with Gasteiger partial charge in [-0.05, 0) is 60.7 Å². The fraction of sp³-hybridized carbons (Fsp3) is 0. The van der Waals surface area contributed by atoms with Gasteiger partial charge in [-0.25, -0.2) is 4.79 Å². The molecule has 0 aliphatic carbocycles. The van der Waals surface area contributed by atoms with Gasteiger partial charge in [0, 0.05) is 15.6 Å². The Labute approximate surface area is 152 Å². The van der Waals surface area contributed by atoms with Crippen LogP contribution in [0.1, 0.15) is 26.3 Å². The summed E-state index contributed by atoms with van der Waals surface area (Å²) in [6, 6.07) is 19.2. The maximum atomic E-state index is 12.4. The summed E-state index contributed by atoms with van der Waals surface area (Å²) in [5.74, 6) is -0.140. The highest BCUT2D eigenvalue weighted by Gasteiger charge is 2.12. The van der Waals surface area contributed by atoms with Gasteiger partial charge in [-0.15, -0.1) is 0 Å². The van der Waals surface area contributed by atoms with E-state index in [0.29, 0.717) is 22.4 Å². The number of ketones is 1. The highest BCUT2D eigenvalue weighted by molar-refractivity contribution is 9.10. The fourth-order valence-electron chi connectivity index (χ4n) is 2.21. The van der Waals surface area contributed by atoms with Gasteiger partial charge in [0.15, 0.2) is 5.78 Å². The first kappa shape index (κ1) is 16.9. The van der Waals surface area contributed by atoms with Gasteiger partial charge in [0.2, 0.25) is 0 Å². The summed E-state index contributed by atoms with van der Waals surface area (Å²) < 4.78 is 6.17. The van der Waals surface area contributed by atoms with Gasteiger partial charge in [-0.1, -0.05) is 28.1 Å². The third kappa shape index (κ3) is 4.14. The molecule has 25 heavy (non-hydrogen) atoms. The van der Waals surface area contributed by atoms with Crippen molar-refractivity contribution in [2.75, 3.05) is 0 Å². The van der Waals surface area contributed by atoms with Gasteiger partial charge >= 0.3 is 5.97 Å². The molecule has 0 unspecified atom stereocenters. The Kier molecular flexibility index (Phi) is 4.95. The summed E-state index contributed by atoms with van der Waals surface area (Å²) in [5, 5.41) is 9.28. The summed E-state index contributed by atoms with van der Waals surface area (Å²) in [7, 11) is 0. The van der Waals surface area contributed by atoms with Gasteiger partial charge in [-0.3, -0.25) is 4.79 Å². The SMILES string of the molecule is O=C(Oc1ccc(Br)cc1)c1ccc(C(=O)c2ccc(O)cc2)cc1. The first-order valence-electron chi connectivity index (χ1n) is 7.44. The summed E-state index contributed by atoms with van der Waals surface area (Å²) in [6.45, 7) is 0. The van der Waals surface area contributed by atoms with Crippen LogP contribution in [0.3, 0.4) is 0 Å². The molecule has 3 aromatic rings. The molecule has 4 nitrogen and oxygen atoms in total. The van der Waals surface area contributed by atoms with Crippen LogP contribution in [0, 0.1) is 0 Å². The average Bonchev–Trinajstić information content (AvgIpc) is 2.64. The zero-order valence-electron chi connectivity index (χ0n) is 13.0. The third-order valence-electron chi connectivity index (χ3n) is 3.54. The van der Waals surface area contributed by atoms with Crippen molar-refractivity contribution in [3.8, 4) is 11.5 Å². The van der Waals surface area contributed by atoms with Crippen molar-refractivity contribution >= 4 is 27.7 Å². The lowest BCUT2D eigenvalue weighted by Gasteiger charge is -2.06. The Morgan fingerprint density at radius 1 is 0.720 bits per heavy atom. The second-order valence-corrected chi connectivity index (χ2v) is 6.21. The first-order chi connectivity index (χ1) is 12.0. The van der Waals surface area contributed by atoms with E-state index in [0.717, 1.165) is 4.47 Å². The number of carbonyl (C=O) groups excluding carboxylic acids is 2.